The summed E-state index contributed by atoms with van der Waals surface area (Å²) in [6.07, 6.45) is 3.63. The summed E-state index contributed by atoms with van der Waals surface area (Å²) in [5, 5.41) is 2.72. The molecule has 1 unspecified atom stereocenters. The number of halogens is 1. The van der Waals surface area contributed by atoms with E-state index in [4.69, 9.17) is 0 Å². The molecule has 0 aliphatic heterocycles. The molecule has 5 heteroatoms. The molecule has 1 rings (SSSR count). The Kier molecular flexibility index (Phi) is 6.29. The van der Waals surface area contributed by atoms with Gasteiger partial charge in [0, 0.05) is 5.70 Å². The number of alkyl halides is 1. The maximum Gasteiger partial charge on any atom is 0.228 e. The highest BCUT2D eigenvalue weighted by molar-refractivity contribution is 6.11. The summed E-state index contributed by atoms with van der Waals surface area (Å²) in [5.41, 5.74) is 3.18. The van der Waals surface area contributed by atoms with Crippen LogP contribution in [0.5, 0.6) is 0 Å². The van der Waals surface area contributed by atoms with Gasteiger partial charge in [-0.25, -0.2) is 0 Å². The molecule has 0 spiro atoms. The maximum atomic E-state index is 13.3. The molecule has 1 N–H and O–H groups in total. The van der Waals surface area contributed by atoms with Crippen LogP contribution in [0.2, 0.25) is 0 Å². The molecule has 0 radical (unpaired) electrons. The predicted molar refractivity (Wildman–Crippen MR) is 86.9 cm³/mol. The molecule has 0 aromatic heterocycles. The lowest BCUT2D eigenvalue weighted by molar-refractivity contribution is -0.119. The van der Waals surface area contributed by atoms with E-state index in [1.165, 1.54) is 7.85 Å². The van der Waals surface area contributed by atoms with Crippen molar-refractivity contribution in [1.29, 1.82) is 0 Å². The van der Waals surface area contributed by atoms with Crippen LogP contribution in [0.1, 0.15) is 29.7 Å². The largest absolute Gasteiger partial charge is 0.326 e. The van der Waals surface area contributed by atoms with Crippen LogP contribution in [0.3, 0.4) is 0 Å². The molecule has 0 saturated heterocycles. The third-order valence-electron chi connectivity index (χ3n) is 3.09. The molecule has 1 atom stereocenters. The van der Waals surface area contributed by atoms with Crippen LogP contribution in [0.4, 0.5) is 4.39 Å². The number of hydrogen-bond acceptors (Lipinski definition) is 1. The summed E-state index contributed by atoms with van der Waals surface area (Å²) in [4.78, 5) is 11.9. The van der Waals surface area contributed by atoms with E-state index in [-0.39, 0.29) is 12.3 Å². The van der Waals surface area contributed by atoms with Gasteiger partial charge >= 0.3 is 0 Å². The molecule has 0 aliphatic rings. The fourth-order valence-corrected chi connectivity index (χ4v) is 2.03. The van der Waals surface area contributed by atoms with E-state index in [1.54, 1.807) is 12.1 Å². The summed E-state index contributed by atoms with van der Waals surface area (Å²) >= 11 is 0. The van der Waals surface area contributed by atoms with Crippen molar-refractivity contribution in [3.8, 4) is 0 Å². The average molecular weight is 271 g/mol. The fourth-order valence-electron chi connectivity index (χ4n) is 2.03. The third kappa shape index (κ3) is 4.72. The molecule has 104 valence electrons. The van der Waals surface area contributed by atoms with Crippen molar-refractivity contribution in [3.05, 3.63) is 59.3 Å². The van der Waals surface area contributed by atoms with Gasteiger partial charge in [0.15, 0.2) is 7.85 Å². The zero-order valence-electron chi connectivity index (χ0n) is 12.4. The van der Waals surface area contributed by atoms with E-state index >= 15 is 0 Å². The number of carbonyl (C=O) groups excluding carboxylic acids is 1. The Balaban J connectivity index is 2.81. The second-order valence-corrected chi connectivity index (χ2v) is 4.75. The van der Waals surface area contributed by atoms with Gasteiger partial charge in [0.1, 0.15) is 7.85 Å². The third-order valence-corrected chi connectivity index (χ3v) is 3.09. The Hall–Kier alpha value is -1.77. The number of hydrogen-bond donors (Lipinski definition) is 1. The Morgan fingerprint density at radius 1 is 1.50 bits per heavy atom. The lowest BCUT2D eigenvalue weighted by Crippen LogP contribution is -2.23. The van der Waals surface area contributed by atoms with Gasteiger partial charge in [0.25, 0.3) is 0 Å². The topological polar surface area (TPSA) is 29.1 Å². The minimum atomic E-state index is -0.988. The molecule has 0 fully saturated rings. The molecule has 20 heavy (non-hydrogen) atoms. The lowest BCUT2D eigenvalue weighted by Gasteiger charge is -2.12. The van der Waals surface area contributed by atoms with E-state index in [0.29, 0.717) is 11.3 Å². The SMILES string of the molecule is BCc1cc(C(B)F)ccc1CC(=O)NC(=C)/C=C\C. The van der Waals surface area contributed by atoms with Crippen LogP contribution in [0.25, 0.3) is 0 Å². The summed E-state index contributed by atoms with van der Waals surface area (Å²) < 4.78 is 13.3. The molecule has 1 aromatic rings. The summed E-state index contributed by atoms with van der Waals surface area (Å²) in [7, 11) is 3.52. The van der Waals surface area contributed by atoms with E-state index in [2.05, 4.69) is 11.9 Å². The fraction of sp³-hybridized carbons (Fsp3) is 0.267. The van der Waals surface area contributed by atoms with Crippen LogP contribution in [-0.2, 0) is 17.5 Å². The number of nitrogens with one attached hydrogen (secondary N) is 1. The van der Waals surface area contributed by atoms with E-state index < -0.39 is 6.07 Å². The Morgan fingerprint density at radius 3 is 2.75 bits per heavy atom. The van der Waals surface area contributed by atoms with E-state index in [0.717, 1.165) is 17.4 Å². The minimum Gasteiger partial charge on any atom is -0.326 e. The molecule has 1 amide bonds. The molecular weight excluding hydrogens is 251 g/mol. The summed E-state index contributed by atoms with van der Waals surface area (Å²) in [6.45, 7) is 5.60. The second kappa shape index (κ2) is 7.73. The maximum absolute atomic E-state index is 13.3. The number of amides is 1. The first-order chi connectivity index (χ1) is 9.47. The lowest BCUT2D eigenvalue weighted by atomic mass is 9.86. The molecule has 0 heterocycles. The second-order valence-electron chi connectivity index (χ2n) is 4.75. The normalized spacial score (nSPS) is 12.3. The van der Waals surface area contributed by atoms with Gasteiger partial charge in [-0.1, -0.05) is 42.7 Å². The van der Waals surface area contributed by atoms with Crippen LogP contribution < -0.4 is 5.32 Å². The molecule has 1 aromatic carbocycles. The zero-order valence-corrected chi connectivity index (χ0v) is 12.4. The number of carbonyl (C=O) groups is 1. The Labute approximate surface area is 122 Å². The first kappa shape index (κ1) is 16.3. The van der Waals surface area contributed by atoms with Gasteiger partial charge in [-0.15, -0.1) is 0 Å². The average Bonchev–Trinajstić information content (AvgIpc) is 2.38. The van der Waals surface area contributed by atoms with Crippen molar-refractivity contribution in [1.82, 2.24) is 5.32 Å². The van der Waals surface area contributed by atoms with Crippen molar-refractivity contribution in [2.45, 2.75) is 25.7 Å². The van der Waals surface area contributed by atoms with E-state index in [9.17, 15) is 9.18 Å². The quantitative estimate of drug-likeness (QED) is 0.610. The van der Waals surface area contributed by atoms with Crippen molar-refractivity contribution < 1.29 is 9.18 Å². The van der Waals surface area contributed by atoms with Gasteiger partial charge in [0.2, 0.25) is 5.91 Å². The summed E-state index contributed by atoms with van der Waals surface area (Å²) in [5.74, 6) is -0.108. The Morgan fingerprint density at radius 2 is 2.20 bits per heavy atom. The zero-order chi connectivity index (χ0) is 15.1. The molecule has 0 saturated carbocycles. The van der Waals surface area contributed by atoms with Gasteiger partial charge in [-0.2, -0.15) is 0 Å². The van der Waals surface area contributed by atoms with Crippen LogP contribution in [-0.4, -0.2) is 21.6 Å². The number of allylic oxidation sites excluding steroid dienone is 2. The molecular formula is C15H20B2FNO. The van der Waals surface area contributed by atoms with Crippen molar-refractivity contribution >= 4 is 21.6 Å². The first-order valence-electron chi connectivity index (χ1n) is 6.85. The van der Waals surface area contributed by atoms with Gasteiger partial charge < -0.3 is 5.32 Å². The standard InChI is InChI=1S/C15H20B2FNO/c1-3-4-10(2)19-14(20)8-11-5-6-12(15(17)18)7-13(11)9-16/h3-7,15H,2,8-9,16-17H2,1H3,(H,19,20)/b4-3-. The van der Waals surface area contributed by atoms with Crippen molar-refractivity contribution in [2.24, 2.45) is 0 Å². The monoisotopic (exact) mass is 271 g/mol. The van der Waals surface area contributed by atoms with E-state index in [1.807, 2.05) is 33.0 Å². The van der Waals surface area contributed by atoms with Crippen LogP contribution in [0.15, 0.2) is 42.6 Å². The highest BCUT2D eigenvalue weighted by Crippen LogP contribution is 2.19. The first-order valence-corrected chi connectivity index (χ1v) is 6.85. The number of rotatable bonds is 6. The van der Waals surface area contributed by atoms with Gasteiger partial charge in [-0.3, -0.25) is 9.18 Å². The highest BCUT2D eigenvalue weighted by atomic mass is 19.1. The number of benzene rings is 1. The van der Waals surface area contributed by atoms with Crippen LogP contribution in [0, 0.1) is 0 Å². The molecule has 0 bridgehead atoms. The van der Waals surface area contributed by atoms with Crippen molar-refractivity contribution in [3.63, 3.8) is 0 Å². The Bertz CT molecular complexity index is 527. The van der Waals surface area contributed by atoms with Crippen LogP contribution >= 0.6 is 0 Å². The smallest absolute Gasteiger partial charge is 0.228 e. The highest BCUT2D eigenvalue weighted by Gasteiger charge is 2.10. The predicted octanol–water partition coefficient (Wildman–Crippen LogP) is 1.17. The van der Waals surface area contributed by atoms with Crippen molar-refractivity contribution in [2.75, 3.05) is 0 Å². The van der Waals surface area contributed by atoms with Gasteiger partial charge in [0.05, 0.1) is 12.5 Å². The minimum absolute atomic E-state index is 0.108. The van der Waals surface area contributed by atoms with Gasteiger partial charge in [-0.05, 0) is 24.1 Å². The molecule has 2 nitrogen and oxygen atoms in total. The summed E-state index contributed by atoms with van der Waals surface area (Å²) in [6, 6.07) is 5.42. The molecule has 0 aliphatic carbocycles.